The molecule has 17 heavy (non-hydrogen) atoms. The minimum absolute atomic E-state index is 0.129. The highest BCUT2D eigenvalue weighted by atomic mass is 16.5. The van der Waals surface area contributed by atoms with Crippen LogP contribution < -0.4 is 5.32 Å². The Labute approximate surface area is 103 Å². The standard InChI is InChI=1S/C13H22N2O2/c1-4-8-15(9-5-2)12(16)13(11-17-3)6-7-14-10-13/h4-5,14H,1-2,6-11H2,3H3. The van der Waals surface area contributed by atoms with Gasteiger partial charge in [0.15, 0.2) is 0 Å². The van der Waals surface area contributed by atoms with Gasteiger partial charge in [0, 0.05) is 26.7 Å². The number of amides is 1. The molecule has 1 saturated heterocycles. The van der Waals surface area contributed by atoms with Gasteiger partial charge < -0.3 is 15.0 Å². The molecule has 0 bridgehead atoms. The second-order valence-electron chi connectivity index (χ2n) is 4.43. The molecule has 0 spiro atoms. The van der Waals surface area contributed by atoms with Crippen molar-refractivity contribution in [3.63, 3.8) is 0 Å². The van der Waals surface area contributed by atoms with Crippen LogP contribution in [0.1, 0.15) is 6.42 Å². The van der Waals surface area contributed by atoms with E-state index >= 15 is 0 Å². The van der Waals surface area contributed by atoms with E-state index in [1.807, 2.05) is 0 Å². The summed E-state index contributed by atoms with van der Waals surface area (Å²) in [6.07, 6.45) is 4.30. The topological polar surface area (TPSA) is 41.6 Å². The first-order valence-electron chi connectivity index (χ1n) is 5.91. The fraction of sp³-hybridized carbons (Fsp3) is 0.615. The molecule has 0 aromatic rings. The van der Waals surface area contributed by atoms with Gasteiger partial charge in [0.25, 0.3) is 0 Å². The maximum atomic E-state index is 12.5. The summed E-state index contributed by atoms with van der Waals surface area (Å²) in [4.78, 5) is 14.3. The maximum absolute atomic E-state index is 12.5. The molecule has 0 aromatic carbocycles. The minimum atomic E-state index is -0.416. The lowest BCUT2D eigenvalue weighted by Crippen LogP contribution is -2.48. The molecule has 0 saturated carbocycles. The Kier molecular flexibility index (Phi) is 5.38. The van der Waals surface area contributed by atoms with Crippen LogP contribution in [-0.2, 0) is 9.53 Å². The first kappa shape index (κ1) is 13.9. The number of ether oxygens (including phenoxy) is 1. The lowest BCUT2D eigenvalue weighted by Gasteiger charge is -2.32. The van der Waals surface area contributed by atoms with Crippen LogP contribution in [0.3, 0.4) is 0 Å². The lowest BCUT2D eigenvalue weighted by molar-refractivity contribution is -0.143. The van der Waals surface area contributed by atoms with Crippen molar-refractivity contribution in [3.05, 3.63) is 25.3 Å². The molecule has 1 aliphatic rings. The third-order valence-electron chi connectivity index (χ3n) is 3.10. The molecule has 96 valence electrons. The van der Waals surface area contributed by atoms with E-state index in [9.17, 15) is 4.79 Å². The molecule has 1 fully saturated rings. The van der Waals surface area contributed by atoms with Crippen molar-refractivity contribution >= 4 is 5.91 Å². The summed E-state index contributed by atoms with van der Waals surface area (Å²) < 4.78 is 5.22. The number of hydrogen-bond acceptors (Lipinski definition) is 3. The van der Waals surface area contributed by atoms with Crippen molar-refractivity contribution < 1.29 is 9.53 Å². The number of nitrogens with zero attached hydrogens (tertiary/aromatic N) is 1. The number of methoxy groups -OCH3 is 1. The predicted octanol–water partition coefficient (Wildman–Crippen LogP) is 0.813. The quantitative estimate of drug-likeness (QED) is 0.667. The molecule has 1 atom stereocenters. The molecular weight excluding hydrogens is 216 g/mol. The Morgan fingerprint density at radius 2 is 2.12 bits per heavy atom. The average Bonchev–Trinajstić information content (AvgIpc) is 2.78. The van der Waals surface area contributed by atoms with E-state index in [4.69, 9.17) is 4.74 Å². The fourth-order valence-corrected chi connectivity index (χ4v) is 2.27. The Bertz CT molecular complexity index is 273. The zero-order chi connectivity index (χ0) is 12.7. The highest BCUT2D eigenvalue weighted by Crippen LogP contribution is 2.28. The van der Waals surface area contributed by atoms with Gasteiger partial charge in [-0.2, -0.15) is 0 Å². The Morgan fingerprint density at radius 3 is 2.53 bits per heavy atom. The molecule has 0 aliphatic carbocycles. The van der Waals surface area contributed by atoms with Gasteiger partial charge in [-0.25, -0.2) is 0 Å². The molecule has 1 amide bonds. The molecule has 1 heterocycles. The first-order valence-corrected chi connectivity index (χ1v) is 5.91. The van der Waals surface area contributed by atoms with Crippen LogP contribution in [0.25, 0.3) is 0 Å². The van der Waals surface area contributed by atoms with Crippen LogP contribution >= 0.6 is 0 Å². The van der Waals surface area contributed by atoms with Crippen LogP contribution in [-0.4, -0.2) is 50.7 Å². The van der Waals surface area contributed by atoms with Crippen LogP contribution in [0, 0.1) is 5.41 Å². The average molecular weight is 238 g/mol. The number of hydrogen-bond donors (Lipinski definition) is 1. The van der Waals surface area contributed by atoms with Crippen molar-refractivity contribution in [2.24, 2.45) is 5.41 Å². The van der Waals surface area contributed by atoms with Crippen molar-refractivity contribution in [2.45, 2.75) is 6.42 Å². The second-order valence-corrected chi connectivity index (χ2v) is 4.43. The Morgan fingerprint density at radius 1 is 1.47 bits per heavy atom. The van der Waals surface area contributed by atoms with Crippen molar-refractivity contribution in [2.75, 3.05) is 39.9 Å². The van der Waals surface area contributed by atoms with Crippen molar-refractivity contribution in [1.29, 1.82) is 0 Å². The molecule has 4 heteroatoms. The third kappa shape index (κ3) is 3.17. The Balaban J connectivity index is 2.80. The molecular formula is C13H22N2O2. The van der Waals surface area contributed by atoms with Crippen molar-refractivity contribution in [3.8, 4) is 0 Å². The summed E-state index contributed by atoms with van der Waals surface area (Å²) in [5.74, 6) is 0.129. The predicted molar refractivity (Wildman–Crippen MR) is 68.8 cm³/mol. The minimum Gasteiger partial charge on any atom is -0.384 e. The van der Waals surface area contributed by atoms with Crippen molar-refractivity contribution in [1.82, 2.24) is 10.2 Å². The van der Waals surface area contributed by atoms with Gasteiger partial charge in [-0.05, 0) is 13.0 Å². The van der Waals surface area contributed by atoms with E-state index in [2.05, 4.69) is 18.5 Å². The van der Waals surface area contributed by atoms with Gasteiger partial charge in [-0.3, -0.25) is 4.79 Å². The lowest BCUT2D eigenvalue weighted by atomic mass is 9.86. The molecule has 0 aromatic heterocycles. The summed E-state index contributed by atoms with van der Waals surface area (Å²) in [5.41, 5.74) is -0.416. The molecule has 0 radical (unpaired) electrons. The van der Waals surface area contributed by atoms with E-state index in [1.165, 1.54) is 0 Å². The fourth-order valence-electron chi connectivity index (χ4n) is 2.27. The van der Waals surface area contributed by atoms with Gasteiger partial charge in [-0.15, -0.1) is 13.2 Å². The van der Waals surface area contributed by atoms with Gasteiger partial charge in [0.05, 0.1) is 12.0 Å². The number of carbonyl (C=O) groups is 1. The summed E-state index contributed by atoms with van der Waals surface area (Å²) in [5, 5.41) is 3.24. The maximum Gasteiger partial charge on any atom is 0.233 e. The van der Waals surface area contributed by atoms with Crippen LogP contribution in [0.4, 0.5) is 0 Å². The summed E-state index contributed by atoms with van der Waals surface area (Å²) >= 11 is 0. The monoisotopic (exact) mass is 238 g/mol. The zero-order valence-electron chi connectivity index (χ0n) is 10.6. The van der Waals surface area contributed by atoms with Gasteiger partial charge in [0.1, 0.15) is 0 Å². The molecule has 4 nitrogen and oxygen atoms in total. The zero-order valence-corrected chi connectivity index (χ0v) is 10.6. The van der Waals surface area contributed by atoms with Crippen LogP contribution in [0.15, 0.2) is 25.3 Å². The van der Waals surface area contributed by atoms with E-state index in [0.29, 0.717) is 26.2 Å². The smallest absolute Gasteiger partial charge is 0.233 e. The van der Waals surface area contributed by atoms with Gasteiger partial charge in [-0.1, -0.05) is 12.2 Å². The molecule has 1 unspecified atom stereocenters. The van der Waals surface area contributed by atoms with Crippen LogP contribution in [0.5, 0.6) is 0 Å². The third-order valence-corrected chi connectivity index (χ3v) is 3.10. The normalized spacial score (nSPS) is 23.4. The summed E-state index contributed by atoms with van der Waals surface area (Å²) in [7, 11) is 1.64. The molecule has 1 aliphatic heterocycles. The summed E-state index contributed by atoms with van der Waals surface area (Å²) in [6, 6.07) is 0. The second kappa shape index (κ2) is 6.57. The Hall–Kier alpha value is -1.13. The number of nitrogens with one attached hydrogen (secondary N) is 1. The largest absolute Gasteiger partial charge is 0.384 e. The summed E-state index contributed by atoms with van der Waals surface area (Å²) in [6.45, 7) is 10.5. The SMILES string of the molecule is C=CCN(CC=C)C(=O)C1(COC)CCNC1. The highest BCUT2D eigenvalue weighted by molar-refractivity contribution is 5.84. The number of carbonyl (C=O) groups excluding carboxylic acids is 1. The van der Waals surface area contributed by atoms with Crippen LogP contribution in [0.2, 0.25) is 0 Å². The molecule has 1 rings (SSSR count). The van der Waals surface area contributed by atoms with Gasteiger partial charge in [0.2, 0.25) is 5.91 Å². The number of rotatable bonds is 7. The first-order chi connectivity index (χ1) is 8.20. The van der Waals surface area contributed by atoms with E-state index < -0.39 is 5.41 Å². The van der Waals surface area contributed by atoms with Gasteiger partial charge >= 0.3 is 0 Å². The van der Waals surface area contributed by atoms with E-state index in [0.717, 1.165) is 13.0 Å². The van der Waals surface area contributed by atoms with E-state index in [-0.39, 0.29) is 5.91 Å². The molecule has 1 N–H and O–H groups in total. The highest BCUT2D eigenvalue weighted by Gasteiger charge is 2.43. The van der Waals surface area contributed by atoms with E-state index in [1.54, 1.807) is 24.2 Å².